The monoisotopic (exact) mass is 370 g/mol. The lowest BCUT2D eigenvalue weighted by Gasteiger charge is -2.22. The van der Waals surface area contributed by atoms with Crippen LogP contribution in [0.25, 0.3) is 0 Å². The van der Waals surface area contributed by atoms with Crippen molar-refractivity contribution in [2.45, 2.75) is 130 Å². The predicted octanol–water partition coefficient (Wildman–Crippen LogP) is 6.35. The molecule has 0 aliphatic heterocycles. The van der Waals surface area contributed by atoms with Crippen LogP contribution in [0.2, 0.25) is 0 Å². The van der Waals surface area contributed by atoms with Crippen LogP contribution in [0.15, 0.2) is 0 Å². The standard InChI is InChI=1S/C22H42O4/c1-6-7-8-9-10-11-12-13-14-15-16-17-20(25-19(2)23)18-21(24)26-22(3,4)5/h20H,6-18H2,1-5H3/t20-/m0/s1. The third kappa shape index (κ3) is 17.8. The van der Waals surface area contributed by atoms with E-state index in [4.69, 9.17) is 9.47 Å². The first kappa shape index (κ1) is 24.9. The second kappa shape index (κ2) is 15.0. The number of unbranched alkanes of at least 4 members (excludes halogenated alkanes) is 10. The third-order valence-corrected chi connectivity index (χ3v) is 4.28. The number of carbonyl (C=O) groups is 2. The number of esters is 2. The second-order valence-electron chi connectivity index (χ2n) is 8.35. The molecule has 0 radical (unpaired) electrons. The summed E-state index contributed by atoms with van der Waals surface area (Å²) in [4.78, 5) is 23.2. The zero-order chi connectivity index (χ0) is 19.8. The van der Waals surface area contributed by atoms with Crippen molar-refractivity contribution in [1.29, 1.82) is 0 Å². The molecule has 26 heavy (non-hydrogen) atoms. The molecule has 0 aromatic heterocycles. The highest BCUT2D eigenvalue weighted by Crippen LogP contribution is 2.17. The normalized spacial score (nSPS) is 12.7. The third-order valence-electron chi connectivity index (χ3n) is 4.28. The largest absolute Gasteiger partial charge is 0.462 e. The van der Waals surface area contributed by atoms with Gasteiger partial charge in [0.1, 0.15) is 11.7 Å². The molecule has 0 bridgehead atoms. The number of rotatable bonds is 15. The van der Waals surface area contributed by atoms with E-state index in [9.17, 15) is 9.59 Å². The average Bonchev–Trinajstić information content (AvgIpc) is 2.50. The summed E-state index contributed by atoms with van der Waals surface area (Å²) in [7, 11) is 0. The Bertz CT molecular complexity index is 371. The lowest BCUT2D eigenvalue weighted by molar-refractivity contribution is -0.161. The number of hydrogen-bond donors (Lipinski definition) is 0. The van der Waals surface area contributed by atoms with E-state index in [1.807, 2.05) is 20.8 Å². The van der Waals surface area contributed by atoms with Gasteiger partial charge in [-0.3, -0.25) is 9.59 Å². The van der Waals surface area contributed by atoms with Gasteiger partial charge in [0.05, 0.1) is 6.42 Å². The van der Waals surface area contributed by atoms with E-state index in [0.717, 1.165) is 19.3 Å². The van der Waals surface area contributed by atoms with Gasteiger partial charge in [-0.15, -0.1) is 0 Å². The van der Waals surface area contributed by atoms with E-state index in [-0.39, 0.29) is 24.5 Å². The molecule has 0 aliphatic rings. The zero-order valence-corrected chi connectivity index (χ0v) is 17.9. The van der Waals surface area contributed by atoms with Crippen LogP contribution in [0.5, 0.6) is 0 Å². The molecule has 0 aromatic carbocycles. The second-order valence-corrected chi connectivity index (χ2v) is 8.35. The van der Waals surface area contributed by atoms with Crippen molar-refractivity contribution in [2.24, 2.45) is 0 Å². The Labute approximate surface area is 161 Å². The van der Waals surface area contributed by atoms with Gasteiger partial charge in [-0.25, -0.2) is 0 Å². The Hall–Kier alpha value is -1.06. The number of hydrogen-bond acceptors (Lipinski definition) is 4. The van der Waals surface area contributed by atoms with Gasteiger partial charge in [0.25, 0.3) is 0 Å². The highest BCUT2D eigenvalue weighted by molar-refractivity contribution is 5.71. The van der Waals surface area contributed by atoms with Crippen molar-refractivity contribution in [3.05, 3.63) is 0 Å². The summed E-state index contributed by atoms with van der Waals surface area (Å²) >= 11 is 0. The van der Waals surface area contributed by atoms with Crippen molar-refractivity contribution in [1.82, 2.24) is 0 Å². The van der Waals surface area contributed by atoms with Crippen LogP contribution in [-0.2, 0) is 19.1 Å². The first-order valence-electron chi connectivity index (χ1n) is 10.6. The maximum Gasteiger partial charge on any atom is 0.310 e. The van der Waals surface area contributed by atoms with E-state index in [1.54, 1.807) is 0 Å². The Morgan fingerprint density at radius 3 is 1.69 bits per heavy atom. The molecule has 154 valence electrons. The quantitative estimate of drug-likeness (QED) is 0.249. The molecule has 0 aliphatic carbocycles. The molecular weight excluding hydrogens is 328 g/mol. The van der Waals surface area contributed by atoms with Crippen molar-refractivity contribution >= 4 is 11.9 Å². The summed E-state index contributed by atoms with van der Waals surface area (Å²) in [6.45, 7) is 9.17. The van der Waals surface area contributed by atoms with Gasteiger partial charge in [0, 0.05) is 6.92 Å². The molecule has 0 heterocycles. The minimum Gasteiger partial charge on any atom is -0.462 e. The molecule has 0 rings (SSSR count). The number of ether oxygens (including phenoxy) is 2. The zero-order valence-electron chi connectivity index (χ0n) is 17.9. The van der Waals surface area contributed by atoms with Crippen LogP contribution in [0.4, 0.5) is 0 Å². The first-order valence-corrected chi connectivity index (χ1v) is 10.6. The molecule has 4 heteroatoms. The lowest BCUT2D eigenvalue weighted by atomic mass is 10.0. The summed E-state index contributed by atoms with van der Waals surface area (Å²) in [5.41, 5.74) is -0.506. The van der Waals surface area contributed by atoms with Gasteiger partial charge in [-0.05, 0) is 33.6 Å². The Morgan fingerprint density at radius 1 is 0.808 bits per heavy atom. The van der Waals surface area contributed by atoms with E-state index in [1.165, 1.54) is 64.7 Å². The van der Waals surface area contributed by atoms with Crippen molar-refractivity contribution in [2.75, 3.05) is 0 Å². The molecule has 0 spiro atoms. The van der Waals surface area contributed by atoms with Crippen molar-refractivity contribution in [3.63, 3.8) is 0 Å². The van der Waals surface area contributed by atoms with Gasteiger partial charge in [-0.1, -0.05) is 71.1 Å². The summed E-state index contributed by atoms with van der Waals surface area (Å²) in [6, 6.07) is 0. The Kier molecular flexibility index (Phi) is 14.4. The summed E-state index contributed by atoms with van der Waals surface area (Å²) in [6.07, 6.45) is 14.6. The molecule has 4 nitrogen and oxygen atoms in total. The van der Waals surface area contributed by atoms with Crippen LogP contribution < -0.4 is 0 Å². The fourth-order valence-corrected chi connectivity index (χ4v) is 3.04. The van der Waals surface area contributed by atoms with Gasteiger partial charge in [0.2, 0.25) is 0 Å². The molecule has 0 saturated heterocycles. The van der Waals surface area contributed by atoms with Gasteiger partial charge < -0.3 is 9.47 Å². The highest BCUT2D eigenvalue weighted by atomic mass is 16.6. The molecule has 0 fully saturated rings. The van der Waals surface area contributed by atoms with E-state index >= 15 is 0 Å². The minimum atomic E-state index is -0.506. The minimum absolute atomic E-state index is 0.147. The maximum absolute atomic E-state index is 11.9. The molecule has 0 saturated carbocycles. The van der Waals surface area contributed by atoms with Crippen LogP contribution in [0.1, 0.15) is 118 Å². The summed E-state index contributed by atoms with van der Waals surface area (Å²) in [5, 5.41) is 0. The number of carbonyl (C=O) groups excluding carboxylic acids is 2. The molecule has 0 amide bonds. The molecule has 0 N–H and O–H groups in total. The van der Waals surface area contributed by atoms with E-state index in [0.29, 0.717) is 0 Å². The smallest absolute Gasteiger partial charge is 0.310 e. The molecule has 0 aromatic rings. The van der Waals surface area contributed by atoms with Crippen molar-refractivity contribution in [3.8, 4) is 0 Å². The fourth-order valence-electron chi connectivity index (χ4n) is 3.04. The van der Waals surface area contributed by atoms with Crippen LogP contribution in [0.3, 0.4) is 0 Å². The Morgan fingerprint density at radius 2 is 1.27 bits per heavy atom. The van der Waals surface area contributed by atoms with Gasteiger partial charge in [0.15, 0.2) is 0 Å². The van der Waals surface area contributed by atoms with Crippen LogP contribution in [-0.4, -0.2) is 23.6 Å². The SMILES string of the molecule is CCCCCCCCCCCCC[C@@H](CC(=O)OC(C)(C)C)OC(C)=O. The maximum atomic E-state index is 11.9. The van der Waals surface area contributed by atoms with Crippen LogP contribution >= 0.6 is 0 Å². The summed E-state index contributed by atoms with van der Waals surface area (Å²) < 4.78 is 10.6. The van der Waals surface area contributed by atoms with Gasteiger partial charge >= 0.3 is 11.9 Å². The molecule has 1 atom stereocenters. The van der Waals surface area contributed by atoms with Crippen LogP contribution in [0, 0.1) is 0 Å². The van der Waals surface area contributed by atoms with E-state index < -0.39 is 5.60 Å². The van der Waals surface area contributed by atoms with E-state index in [2.05, 4.69) is 6.92 Å². The summed E-state index contributed by atoms with van der Waals surface area (Å²) in [5.74, 6) is -0.631. The van der Waals surface area contributed by atoms with Crippen molar-refractivity contribution < 1.29 is 19.1 Å². The lowest BCUT2D eigenvalue weighted by Crippen LogP contribution is -2.28. The first-order chi connectivity index (χ1) is 12.2. The fraction of sp³-hybridized carbons (Fsp3) is 0.909. The molecule has 0 unspecified atom stereocenters. The highest BCUT2D eigenvalue weighted by Gasteiger charge is 2.22. The van der Waals surface area contributed by atoms with Gasteiger partial charge in [-0.2, -0.15) is 0 Å². The average molecular weight is 371 g/mol. The Balaban J connectivity index is 3.81. The topological polar surface area (TPSA) is 52.6 Å². The predicted molar refractivity (Wildman–Crippen MR) is 107 cm³/mol. The molecular formula is C22H42O4.